The van der Waals surface area contributed by atoms with E-state index in [-0.39, 0.29) is 0 Å². The van der Waals surface area contributed by atoms with Gasteiger partial charge in [0, 0.05) is 11.9 Å². The van der Waals surface area contributed by atoms with Crippen molar-refractivity contribution in [1.82, 2.24) is 0 Å². The summed E-state index contributed by atoms with van der Waals surface area (Å²) in [6.07, 6.45) is 16.4. The molecule has 0 heterocycles. The lowest BCUT2D eigenvalue weighted by atomic mass is 9.91. The average Bonchev–Trinajstić information content (AvgIpc) is 2.86. The highest BCUT2D eigenvalue weighted by Gasteiger charge is 2.06. The fourth-order valence-electron chi connectivity index (χ4n) is 3.27. The molecule has 37 heavy (non-hydrogen) atoms. The molecule has 1 aliphatic carbocycles. The van der Waals surface area contributed by atoms with Crippen LogP contribution in [0.3, 0.4) is 0 Å². The van der Waals surface area contributed by atoms with E-state index in [1.54, 1.807) is 6.08 Å². The molecule has 1 nitrogen and oxygen atoms in total. The van der Waals surface area contributed by atoms with Crippen molar-refractivity contribution in [3.63, 3.8) is 0 Å². The number of nitrogens with zero attached hydrogens (tertiary/aromatic N) is 1. The van der Waals surface area contributed by atoms with E-state index < -0.39 is 0 Å². The van der Waals surface area contributed by atoms with Crippen molar-refractivity contribution in [3.8, 4) is 0 Å². The van der Waals surface area contributed by atoms with Gasteiger partial charge in [0.2, 0.25) is 0 Å². The number of benzene rings is 1. The van der Waals surface area contributed by atoms with E-state index in [0.717, 1.165) is 28.7 Å². The van der Waals surface area contributed by atoms with Crippen LogP contribution in [0.5, 0.6) is 0 Å². The number of aryl methyl sites for hydroxylation is 1. The van der Waals surface area contributed by atoms with Gasteiger partial charge in [-0.1, -0.05) is 156 Å². The highest BCUT2D eigenvalue weighted by molar-refractivity contribution is 5.83. The lowest BCUT2D eigenvalue weighted by molar-refractivity contribution is 0.385. The van der Waals surface area contributed by atoms with Crippen LogP contribution in [-0.4, -0.2) is 6.21 Å². The third kappa shape index (κ3) is 32.1. The molecule has 216 valence electrons. The van der Waals surface area contributed by atoms with Gasteiger partial charge in [-0.25, -0.2) is 0 Å². The van der Waals surface area contributed by atoms with Crippen molar-refractivity contribution in [2.75, 3.05) is 0 Å². The molecule has 0 N–H and O–H groups in total. The fourth-order valence-corrected chi connectivity index (χ4v) is 3.27. The Morgan fingerprint density at radius 2 is 1.51 bits per heavy atom. The molecule has 0 amide bonds. The first-order chi connectivity index (χ1) is 17.5. The summed E-state index contributed by atoms with van der Waals surface area (Å²) in [4.78, 5) is 4.19. The zero-order valence-corrected chi connectivity index (χ0v) is 27.5. The molecule has 2 rings (SSSR count). The largest absolute Gasteiger partial charge is 0.262 e. The highest BCUT2D eigenvalue weighted by Crippen LogP contribution is 2.22. The molecule has 1 unspecified atom stereocenters. The number of hydrogen-bond acceptors (Lipinski definition) is 1. The molecule has 0 spiro atoms. The van der Waals surface area contributed by atoms with Crippen molar-refractivity contribution < 1.29 is 0 Å². The van der Waals surface area contributed by atoms with Gasteiger partial charge in [-0.15, -0.1) is 6.58 Å². The topological polar surface area (TPSA) is 12.4 Å². The molecule has 0 saturated heterocycles. The number of allylic oxidation sites excluding steroid dienone is 3. The van der Waals surface area contributed by atoms with Crippen LogP contribution in [0.25, 0.3) is 5.57 Å². The summed E-state index contributed by atoms with van der Waals surface area (Å²) in [7, 11) is 0. The quantitative estimate of drug-likeness (QED) is 0.265. The third-order valence-electron chi connectivity index (χ3n) is 5.56. The average molecular weight is 514 g/mol. The van der Waals surface area contributed by atoms with Crippen molar-refractivity contribution in [1.29, 1.82) is 0 Å². The van der Waals surface area contributed by atoms with E-state index in [0.29, 0.717) is 0 Å². The minimum atomic E-state index is 0.818. The molecular weight excluding hydrogens is 446 g/mol. The van der Waals surface area contributed by atoms with E-state index in [2.05, 4.69) is 91.4 Å². The zero-order chi connectivity index (χ0) is 29.6. The number of hydrogen-bond donors (Lipinski definition) is 0. The summed E-state index contributed by atoms with van der Waals surface area (Å²) in [5.41, 5.74) is 5.42. The van der Waals surface area contributed by atoms with Gasteiger partial charge < -0.3 is 0 Å². The molecule has 1 fully saturated rings. The Balaban J connectivity index is -0.000000208. The van der Waals surface area contributed by atoms with Crippen molar-refractivity contribution in [2.24, 2.45) is 16.8 Å². The molecule has 0 bridgehead atoms. The maximum atomic E-state index is 4.19. The SMILES string of the molecule is C=C(C)N=Cc1ccc(C(=C)C)cc1C.C=CC.CC.CC1CCCCC1.CCC.CCCC(C)CC. The molecule has 1 saturated carbocycles. The Morgan fingerprint density at radius 3 is 1.78 bits per heavy atom. The Hall–Kier alpha value is -1.89. The minimum Gasteiger partial charge on any atom is -0.262 e. The fraction of sp³-hybridized carbons (Fsp3) is 0.639. The van der Waals surface area contributed by atoms with Gasteiger partial charge in [-0.3, -0.25) is 4.99 Å². The predicted molar refractivity (Wildman–Crippen MR) is 178 cm³/mol. The molecule has 0 aliphatic heterocycles. The molecule has 1 atom stereocenters. The second kappa shape index (κ2) is 32.1. The first kappa shape index (κ1) is 42.2. The van der Waals surface area contributed by atoms with Crippen LogP contribution < -0.4 is 0 Å². The Bertz CT molecular complexity index is 671. The minimum absolute atomic E-state index is 0.818. The summed E-state index contributed by atoms with van der Waals surface area (Å²) in [5.74, 6) is 1.98. The van der Waals surface area contributed by atoms with Gasteiger partial charge in [0.15, 0.2) is 0 Å². The van der Waals surface area contributed by atoms with Crippen LogP contribution in [0.15, 0.2) is 54.7 Å². The van der Waals surface area contributed by atoms with Crippen LogP contribution in [0.4, 0.5) is 0 Å². The van der Waals surface area contributed by atoms with Gasteiger partial charge in [-0.2, -0.15) is 0 Å². The van der Waals surface area contributed by atoms with Gasteiger partial charge in [0.25, 0.3) is 0 Å². The van der Waals surface area contributed by atoms with Gasteiger partial charge in [-0.05, 0) is 56.2 Å². The van der Waals surface area contributed by atoms with Crippen LogP contribution in [0.1, 0.15) is 151 Å². The number of rotatable bonds is 6. The van der Waals surface area contributed by atoms with Crippen LogP contribution >= 0.6 is 0 Å². The number of aliphatic imine (C=N–C) groups is 1. The standard InChI is InChI=1S/C14H17N.C7H14.C7H16.C3H8.C3H6.C2H6/c1-10(2)13-6-7-14(12(5)8-13)9-15-11(3)4;1-7-5-3-2-4-6-7;1-4-6-7(3)5-2;2*1-3-2;1-2/h6-9H,1,3H2,2,4-5H3;7H,2-6H2,1H3;7H,4-6H2,1-3H3;3H2,1-2H3;3H,1H2,2H3;1-2H3. The second-order valence-corrected chi connectivity index (χ2v) is 10.0. The maximum absolute atomic E-state index is 4.19. The molecule has 1 aromatic rings. The van der Waals surface area contributed by atoms with Crippen LogP contribution in [0, 0.1) is 18.8 Å². The normalized spacial score (nSPS) is 12.8. The van der Waals surface area contributed by atoms with Gasteiger partial charge >= 0.3 is 0 Å². The Kier molecular flexibility index (Phi) is 36.7. The van der Waals surface area contributed by atoms with Gasteiger partial charge in [0.1, 0.15) is 0 Å². The van der Waals surface area contributed by atoms with Crippen molar-refractivity contribution in [2.45, 2.75) is 141 Å². The smallest absolute Gasteiger partial charge is 0.0345 e. The Labute approximate surface area is 235 Å². The summed E-state index contributed by atoms with van der Waals surface area (Å²) < 4.78 is 0. The Morgan fingerprint density at radius 1 is 1.03 bits per heavy atom. The lowest BCUT2D eigenvalue weighted by Crippen LogP contribution is -1.99. The molecule has 1 aliphatic rings. The molecule has 1 aromatic carbocycles. The van der Waals surface area contributed by atoms with Crippen LogP contribution in [-0.2, 0) is 0 Å². The summed E-state index contributed by atoms with van der Waals surface area (Å²) >= 11 is 0. The first-order valence-electron chi connectivity index (χ1n) is 15.1. The molecule has 1 heteroatoms. The maximum Gasteiger partial charge on any atom is 0.0345 e. The van der Waals surface area contributed by atoms with E-state index >= 15 is 0 Å². The lowest BCUT2D eigenvalue weighted by Gasteiger charge is -2.15. The van der Waals surface area contributed by atoms with E-state index in [1.807, 2.05) is 40.8 Å². The first-order valence-corrected chi connectivity index (χ1v) is 15.1. The summed E-state index contributed by atoms with van der Waals surface area (Å²) in [5, 5.41) is 0. The summed E-state index contributed by atoms with van der Waals surface area (Å²) in [6.45, 7) is 36.3. The molecule has 0 aromatic heterocycles. The van der Waals surface area contributed by atoms with E-state index in [1.165, 1.54) is 68.9 Å². The van der Waals surface area contributed by atoms with Crippen LogP contribution in [0.2, 0.25) is 0 Å². The van der Waals surface area contributed by atoms with Gasteiger partial charge in [0.05, 0.1) is 0 Å². The van der Waals surface area contributed by atoms with E-state index in [4.69, 9.17) is 0 Å². The third-order valence-corrected chi connectivity index (χ3v) is 5.56. The second-order valence-electron chi connectivity index (χ2n) is 10.0. The monoisotopic (exact) mass is 514 g/mol. The summed E-state index contributed by atoms with van der Waals surface area (Å²) in [6, 6.07) is 6.25. The highest BCUT2D eigenvalue weighted by atomic mass is 14.7. The van der Waals surface area contributed by atoms with E-state index in [9.17, 15) is 0 Å². The molecular formula is C36H67N. The van der Waals surface area contributed by atoms with Crippen molar-refractivity contribution >= 4 is 11.8 Å². The zero-order valence-electron chi connectivity index (χ0n) is 27.5. The van der Waals surface area contributed by atoms with Crippen molar-refractivity contribution in [3.05, 3.63) is 66.4 Å². The molecule has 0 radical (unpaired) electrons. The predicted octanol–water partition coefficient (Wildman–Crippen LogP) is 13.0.